The zero-order chi connectivity index (χ0) is 8.44. The molecule has 1 spiro atoms. The molecule has 1 N–H and O–H groups in total. The van der Waals surface area contributed by atoms with Crippen molar-refractivity contribution >= 4 is 9.39 Å². The van der Waals surface area contributed by atoms with Crippen LogP contribution in [-0.2, 0) is 4.74 Å². The van der Waals surface area contributed by atoms with Crippen molar-refractivity contribution in [3.8, 4) is 0 Å². The maximum absolute atomic E-state index is 5.88. The van der Waals surface area contributed by atoms with Gasteiger partial charge in [-0.05, 0) is 25.9 Å². The van der Waals surface area contributed by atoms with Crippen LogP contribution in [0.25, 0.3) is 0 Å². The summed E-state index contributed by atoms with van der Waals surface area (Å²) in [7, 11) is 2.78. The summed E-state index contributed by atoms with van der Waals surface area (Å²) in [4.78, 5) is 0. The van der Waals surface area contributed by atoms with E-state index in [9.17, 15) is 0 Å². The van der Waals surface area contributed by atoms with Gasteiger partial charge in [-0.1, -0.05) is 9.39 Å². The topological polar surface area (TPSA) is 24.5 Å². The second-order valence-electron chi connectivity index (χ2n) is 3.75. The van der Waals surface area contributed by atoms with Gasteiger partial charge in [-0.15, -0.1) is 0 Å². The van der Waals surface area contributed by atoms with Gasteiger partial charge >= 0.3 is 0 Å². The third kappa shape index (κ3) is 1.80. The van der Waals surface area contributed by atoms with Crippen molar-refractivity contribution in [2.45, 2.75) is 18.4 Å². The van der Waals surface area contributed by atoms with E-state index in [0.717, 1.165) is 45.6 Å². The Morgan fingerprint density at radius 2 is 2.08 bits per heavy atom. The van der Waals surface area contributed by atoms with E-state index in [2.05, 4.69) is 19.4 Å². The molecule has 1 unspecified atom stereocenters. The molecule has 3 nitrogen and oxygen atoms in total. The summed E-state index contributed by atoms with van der Waals surface area (Å²) in [6.45, 7) is 5.25. The molecule has 0 bridgehead atoms. The minimum absolute atomic E-state index is 0.172. The molecule has 70 valence electrons. The fourth-order valence-electron chi connectivity index (χ4n) is 2.06. The molecule has 4 heteroatoms. The Hall–Kier alpha value is 0.310. The van der Waals surface area contributed by atoms with Gasteiger partial charge in [0, 0.05) is 13.1 Å². The molecule has 2 aliphatic heterocycles. The summed E-state index contributed by atoms with van der Waals surface area (Å²) in [5.74, 6) is 0. The number of piperidine rings is 1. The lowest BCUT2D eigenvalue weighted by atomic mass is 9.91. The molecule has 0 amide bonds. The number of rotatable bonds is 0. The van der Waals surface area contributed by atoms with E-state index in [-0.39, 0.29) is 5.60 Å². The second-order valence-corrected chi connectivity index (χ2v) is 4.48. The first-order chi connectivity index (χ1) is 5.81. The summed E-state index contributed by atoms with van der Waals surface area (Å²) in [6.07, 6.45) is 2.33. The molecule has 2 aliphatic rings. The number of nitrogens with one attached hydrogen (secondary N) is 1. The van der Waals surface area contributed by atoms with E-state index in [1.165, 1.54) is 0 Å². The number of morpholine rings is 1. The quantitative estimate of drug-likeness (QED) is 0.551. The second kappa shape index (κ2) is 3.59. The van der Waals surface area contributed by atoms with Gasteiger partial charge in [-0.25, -0.2) is 0 Å². The maximum atomic E-state index is 5.88. The van der Waals surface area contributed by atoms with Gasteiger partial charge in [0.15, 0.2) is 0 Å². The largest absolute Gasteiger partial charge is 0.372 e. The van der Waals surface area contributed by atoms with Crippen LogP contribution >= 0.6 is 9.39 Å². The van der Waals surface area contributed by atoms with E-state index in [4.69, 9.17) is 4.74 Å². The molecule has 12 heavy (non-hydrogen) atoms. The van der Waals surface area contributed by atoms with Crippen LogP contribution in [0.4, 0.5) is 0 Å². The highest BCUT2D eigenvalue weighted by Crippen LogP contribution is 2.28. The van der Waals surface area contributed by atoms with Crippen LogP contribution in [0.3, 0.4) is 0 Å². The SMILES string of the molecule is PN1CCOC2(CCNCC2)C1. The van der Waals surface area contributed by atoms with Crippen molar-refractivity contribution < 1.29 is 4.74 Å². The first kappa shape index (κ1) is 8.89. The molecule has 2 fully saturated rings. The number of hydrogen-bond donors (Lipinski definition) is 1. The van der Waals surface area contributed by atoms with Crippen molar-refractivity contribution in [1.82, 2.24) is 9.99 Å². The van der Waals surface area contributed by atoms with Gasteiger partial charge in [-0.2, -0.15) is 0 Å². The average Bonchev–Trinajstić information content (AvgIpc) is 2.05. The highest BCUT2D eigenvalue weighted by molar-refractivity contribution is 7.13. The molecular weight excluding hydrogens is 171 g/mol. The molecule has 0 aromatic heterocycles. The van der Waals surface area contributed by atoms with Crippen LogP contribution in [-0.4, -0.2) is 43.1 Å². The minimum Gasteiger partial charge on any atom is -0.372 e. The third-order valence-corrected chi connectivity index (χ3v) is 3.23. The minimum atomic E-state index is 0.172. The molecule has 0 aromatic carbocycles. The highest BCUT2D eigenvalue weighted by atomic mass is 31.0. The lowest BCUT2D eigenvalue weighted by molar-refractivity contribution is -0.103. The lowest BCUT2D eigenvalue weighted by Crippen LogP contribution is -2.53. The summed E-state index contributed by atoms with van der Waals surface area (Å²) in [5, 5.41) is 3.37. The van der Waals surface area contributed by atoms with Crippen molar-refractivity contribution in [3.63, 3.8) is 0 Å². The summed E-state index contributed by atoms with van der Waals surface area (Å²) in [5.41, 5.74) is 0.172. The number of ether oxygens (including phenoxy) is 1. The van der Waals surface area contributed by atoms with E-state index in [1.54, 1.807) is 0 Å². The predicted molar refractivity (Wildman–Crippen MR) is 52.1 cm³/mol. The van der Waals surface area contributed by atoms with Crippen molar-refractivity contribution in [3.05, 3.63) is 0 Å². The van der Waals surface area contributed by atoms with Gasteiger partial charge in [-0.3, -0.25) is 4.67 Å². The lowest BCUT2D eigenvalue weighted by Gasteiger charge is -2.43. The highest BCUT2D eigenvalue weighted by Gasteiger charge is 2.36. The molecular formula is C8H17N2OP. The molecule has 0 aromatic rings. The van der Waals surface area contributed by atoms with Crippen molar-refractivity contribution in [2.24, 2.45) is 0 Å². The van der Waals surface area contributed by atoms with Gasteiger partial charge in [0.1, 0.15) is 0 Å². The Morgan fingerprint density at radius 1 is 1.33 bits per heavy atom. The average molecular weight is 188 g/mol. The zero-order valence-electron chi connectivity index (χ0n) is 7.38. The van der Waals surface area contributed by atoms with Gasteiger partial charge < -0.3 is 10.1 Å². The van der Waals surface area contributed by atoms with Crippen molar-refractivity contribution in [2.75, 3.05) is 32.8 Å². The maximum Gasteiger partial charge on any atom is 0.0836 e. The number of hydrogen-bond acceptors (Lipinski definition) is 3. The smallest absolute Gasteiger partial charge is 0.0836 e. The van der Waals surface area contributed by atoms with E-state index in [0.29, 0.717) is 0 Å². The monoisotopic (exact) mass is 188 g/mol. The van der Waals surface area contributed by atoms with Gasteiger partial charge in [0.25, 0.3) is 0 Å². The first-order valence-corrected chi connectivity index (χ1v) is 5.17. The van der Waals surface area contributed by atoms with Crippen molar-refractivity contribution in [1.29, 1.82) is 0 Å². The summed E-state index contributed by atoms with van der Waals surface area (Å²) < 4.78 is 8.18. The molecule has 2 saturated heterocycles. The third-order valence-electron chi connectivity index (χ3n) is 2.79. The van der Waals surface area contributed by atoms with Gasteiger partial charge in [0.2, 0.25) is 0 Å². The molecule has 2 heterocycles. The fraction of sp³-hybridized carbons (Fsp3) is 1.00. The number of nitrogens with zero attached hydrogens (tertiary/aromatic N) is 1. The Morgan fingerprint density at radius 3 is 2.75 bits per heavy atom. The summed E-state index contributed by atoms with van der Waals surface area (Å²) in [6, 6.07) is 0. The Labute approximate surface area is 76.1 Å². The Bertz CT molecular complexity index is 154. The van der Waals surface area contributed by atoms with Crippen LogP contribution in [0.1, 0.15) is 12.8 Å². The van der Waals surface area contributed by atoms with E-state index >= 15 is 0 Å². The zero-order valence-corrected chi connectivity index (χ0v) is 8.54. The van der Waals surface area contributed by atoms with E-state index < -0.39 is 0 Å². The molecule has 1 atom stereocenters. The van der Waals surface area contributed by atoms with Crippen LogP contribution in [0.5, 0.6) is 0 Å². The van der Waals surface area contributed by atoms with Crippen LogP contribution in [0, 0.1) is 0 Å². The molecule has 0 radical (unpaired) electrons. The Balaban J connectivity index is 1.97. The molecule has 0 saturated carbocycles. The normalized spacial score (nSPS) is 30.8. The van der Waals surface area contributed by atoms with Crippen LogP contribution in [0.15, 0.2) is 0 Å². The van der Waals surface area contributed by atoms with E-state index in [1.807, 2.05) is 0 Å². The summed E-state index contributed by atoms with van der Waals surface area (Å²) >= 11 is 0. The van der Waals surface area contributed by atoms with Crippen LogP contribution < -0.4 is 5.32 Å². The van der Waals surface area contributed by atoms with Gasteiger partial charge in [0.05, 0.1) is 12.2 Å². The fourth-order valence-corrected chi connectivity index (χ4v) is 2.50. The van der Waals surface area contributed by atoms with Crippen LogP contribution in [0.2, 0.25) is 0 Å². The first-order valence-electron chi connectivity index (χ1n) is 4.65. The predicted octanol–water partition coefficient (Wildman–Crippen LogP) is 0.231. The Kier molecular flexibility index (Phi) is 2.66. The molecule has 0 aliphatic carbocycles. The molecule has 2 rings (SSSR count). The standard InChI is InChI=1S/C8H17N2OP/c12-10-5-6-11-8(7-10)1-3-9-4-2-8/h9H,1-7,12H2.